The second-order valence-corrected chi connectivity index (χ2v) is 2.09. The monoisotopic (exact) mass is 151 g/mol. The van der Waals surface area contributed by atoms with Crippen molar-refractivity contribution in [1.29, 1.82) is 0 Å². The van der Waals surface area contributed by atoms with Crippen molar-refractivity contribution in [3.8, 4) is 0 Å². The average molecular weight is 151 g/mol. The van der Waals surface area contributed by atoms with E-state index in [1.807, 2.05) is 18.2 Å². The maximum atomic E-state index is 10.00. The Bertz CT molecular complexity index is 223. The lowest BCUT2D eigenvalue weighted by atomic mass is 10.3. The van der Waals surface area contributed by atoms with Gasteiger partial charge in [-0.1, -0.05) is 18.2 Å². The SMILES string of the molecule is O=C[C@H](O)Nc1ccccc1. The molecule has 1 aromatic carbocycles. The number of anilines is 1. The Balaban J connectivity index is 2.57. The maximum absolute atomic E-state index is 10.00. The van der Waals surface area contributed by atoms with Crippen LogP contribution < -0.4 is 5.32 Å². The van der Waals surface area contributed by atoms with Crippen LogP contribution >= 0.6 is 0 Å². The number of carbonyl (C=O) groups excluding carboxylic acids is 1. The van der Waals surface area contributed by atoms with Gasteiger partial charge in [0.05, 0.1) is 0 Å². The Kier molecular flexibility index (Phi) is 2.63. The molecule has 3 nitrogen and oxygen atoms in total. The number of nitrogens with one attached hydrogen (secondary N) is 1. The van der Waals surface area contributed by atoms with Crippen molar-refractivity contribution >= 4 is 12.0 Å². The largest absolute Gasteiger partial charge is 0.367 e. The molecular formula is C8H9NO2. The van der Waals surface area contributed by atoms with Crippen molar-refractivity contribution in [3.63, 3.8) is 0 Å². The Morgan fingerprint density at radius 2 is 2.00 bits per heavy atom. The Hall–Kier alpha value is -1.35. The van der Waals surface area contributed by atoms with E-state index >= 15 is 0 Å². The van der Waals surface area contributed by atoms with Gasteiger partial charge in [-0.15, -0.1) is 0 Å². The van der Waals surface area contributed by atoms with E-state index < -0.39 is 6.23 Å². The molecule has 0 bridgehead atoms. The second kappa shape index (κ2) is 3.73. The van der Waals surface area contributed by atoms with Crippen LogP contribution in [0.15, 0.2) is 30.3 Å². The molecule has 0 saturated carbocycles. The summed E-state index contributed by atoms with van der Waals surface area (Å²) in [7, 11) is 0. The van der Waals surface area contributed by atoms with Gasteiger partial charge in [0.1, 0.15) is 0 Å². The molecule has 2 N–H and O–H groups in total. The molecule has 1 rings (SSSR count). The van der Waals surface area contributed by atoms with E-state index in [1.165, 1.54) is 0 Å². The van der Waals surface area contributed by atoms with Crippen LogP contribution in [0.4, 0.5) is 5.69 Å². The molecule has 1 atom stereocenters. The molecule has 1 aromatic rings. The van der Waals surface area contributed by atoms with Gasteiger partial charge in [-0.2, -0.15) is 0 Å². The van der Waals surface area contributed by atoms with Crippen LogP contribution in [0.2, 0.25) is 0 Å². The zero-order chi connectivity index (χ0) is 8.10. The molecule has 0 aliphatic heterocycles. The van der Waals surface area contributed by atoms with Crippen LogP contribution in [-0.4, -0.2) is 17.6 Å². The molecular weight excluding hydrogens is 142 g/mol. The average Bonchev–Trinajstić information content (AvgIpc) is 2.06. The third-order valence-corrected chi connectivity index (χ3v) is 1.22. The molecule has 0 unspecified atom stereocenters. The Morgan fingerprint density at radius 3 is 2.55 bits per heavy atom. The lowest BCUT2D eigenvalue weighted by Crippen LogP contribution is -2.19. The molecule has 3 heteroatoms. The van der Waals surface area contributed by atoms with E-state index in [4.69, 9.17) is 5.11 Å². The first-order valence-electron chi connectivity index (χ1n) is 3.28. The smallest absolute Gasteiger partial charge is 0.181 e. The van der Waals surface area contributed by atoms with Gasteiger partial charge < -0.3 is 10.4 Å². The number of rotatable bonds is 3. The van der Waals surface area contributed by atoms with Crippen LogP contribution in [-0.2, 0) is 4.79 Å². The van der Waals surface area contributed by atoms with Crippen LogP contribution in [0.1, 0.15) is 0 Å². The molecule has 0 spiro atoms. The number of hydrogen-bond acceptors (Lipinski definition) is 3. The number of hydrogen-bond donors (Lipinski definition) is 2. The summed E-state index contributed by atoms with van der Waals surface area (Å²) >= 11 is 0. The molecule has 0 aromatic heterocycles. The van der Waals surface area contributed by atoms with E-state index in [2.05, 4.69) is 5.32 Å². The highest BCUT2D eigenvalue weighted by Crippen LogP contribution is 2.04. The minimum absolute atomic E-state index is 0.438. The van der Waals surface area contributed by atoms with Crippen molar-refractivity contribution < 1.29 is 9.90 Å². The lowest BCUT2D eigenvalue weighted by molar-refractivity contribution is -0.113. The summed E-state index contributed by atoms with van der Waals surface area (Å²) in [5.74, 6) is 0. The van der Waals surface area contributed by atoms with Crippen LogP contribution in [0.3, 0.4) is 0 Å². The minimum atomic E-state index is -1.11. The van der Waals surface area contributed by atoms with Gasteiger partial charge in [0.15, 0.2) is 12.5 Å². The minimum Gasteiger partial charge on any atom is -0.367 e. The number of aliphatic hydroxyl groups is 1. The summed E-state index contributed by atoms with van der Waals surface area (Å²) in [5.41, 5.74) is 0.729. The van der Waals surface area contributed by atoms with Crippen molar-refractivity contribution in [1.82, 2.24) is 0 Å². The van der Waals surface area contributed by atoms with E-state index in [0.29, 0.717) is 6.29 Å². The van der Waals surface area contributed by atoms with Crippen LogP contribution in [0.5, 0.6) is 0 Å². The van der Waals surface area contributed by atoms with Gasteiger partial charge in [0.25, 0.3) is 0 Å². The van der Waals surface area contributed by atoms with Crippen molar-refractivity contribution in [2.45, 2.75) is 6.23 Å². The molecule has 0 aliphatic carbocycles. The van der Waals surface area contributed by atoms with Crippen molar-refractivity contribution in [2.75, 3.05) is 5.32 Å². The second-order valence-electron chi connectivity index (χ2n) is 2.09. The first kappa shape index (κ1) is 7.75. The highest BCUT2D eigenvalue weighted by atomic mass is 16.3. The van der Waals surface area contributed by atoms with Gasteiger partial charge >= 0.3 is 0 Å². The number of aliphatic hydroxyl groups excluding tert-OH is 1. The van der Waals surface area contributed by atoms with Gasteiger partial charge in [0.2, 0.25) is 0 Å². The zero-order valence-electron chi connectivity index (χ0n) is 5.90. The molecule has 0 saturated heterocycles. The fraction of sp³-hybridized carbons (Fsp3) is 0.125. The van der Waals surface area contributed by atoms with Gasteiger partial charge in [0, 0.05) is 5.69 Å². The molecule has 11 heavy (non-hydrogen) atoms. The van der Waals surface area contributed by atoms with Crippen molar-refractivity contribution in [3.05, 3.63) is 30.3 Å². The first-order chi connectivity index (χ1) is 5.33. The van der Waals surface area contributed by atoms with Crippen LogP contribution in [0.25, 0.3) is 0 Å². The summed E-state index contributed by atoms with van der Waals surface area (Å²) in [4.78, 5) is 10.00. The normalized spacial score (nSPS) is 12.1. The Morgan fingerprint density at radius 1 is 1.36 bits per heavy atom. The predicted molar refractivity (Wildman–Crippen MR) is 42.1 cm³/mol. The highest BCUT2D eigenvalue weighted by Gasteiger charge is 1.97. The summed E-state index contributed by atoms with van der Waals surface area (Å²) in [6, 6.07) is 9.04. The Labute approximate surface area is 64.7 Å². The van der Waals surface area contributed by atoms with Crippen LogP contribution in [0, 0.1) is 0 Å². The van der Waals surface area contributed by atoms with Crippen molar-refractivity contribution in [2.24, 2.45) is 0 Å². The van der Waals surface area contributed by atoms with E-state index in [-0.39, 0.29) is 0 Å². The molecule has 0 radical (unpaired) electrons. The number of aldehydes is 1. The number of para-hydroxylation sites is 1. The summed E-state index contributed by atoms with van der Waals surface area (Å²) in [6.45, 7) is 0. The van der Waals surface area contributed by atoms with E-state index in [1.54, 1.807) is 12.1 Å². The van der Waals surface area contributed by atoms with E-state index in [9.17, 15) is 4.79 Å². The molecule has 0 aliphatic rings. The maximum Gasteiger partial charge on any atom is 0.181 e. The summed E-state index contributed by atoms with van der Waals surface area (Å²) in [5, 5.41) is 11.4. The topological polar surface area (TPSA) is 49.3 Å². The molecule has 0 heterocycles. The third kappa shape index (κ3) is 2.39. The van der Waals surface area contributed by atoms with Gasteiger partial charge in [-0.25, -0.2) is 0 Å². The summed E-state index contributed by atoms with van der Waals surface area (Å²) in [6.07, 6.45) is -0.676. The van der Waals surface area contributed by atoms with Gasteiger partial charge in [-0.05, 0) is 12.1 Å². The molecule has 0 fully saturated rings. The molecule has 0 amide bonds. The van der Waals surface area contributed by atoms with Gasteiger partial charge in [-0.3, -0.25) is 4.79 Å². The van der Waals surface area contributed by atoms with E-state index in [0.717, 1.165) is 5.69 Å². The quantitative estimate of drug-likeness (QED) is 0.491. The molecule has 58 valence electrons. The lowest BCUT2D eigenvalue weighted by Gasteiger charge is -2.06. The number of benzene rings is 1. The summed E-state index contributed by atoms with van der Waals surface area (Å²) < 4.78 is 0. The third-order valence-electron chi connectivity index (χ3n) is 1.22. The fourth-order valence-electron chi connectivity index (χ4n) is 0.739. The standard InChI is InChI=1S/C8H9NO2/c10-6-8(11)9-7-4-2-1-3-5-7/h1-6,8-9,11H/t8-/m0/s1. The number of carbonyl (C=O) groups is 1. The predicted octanol–water partition coefficient (Wildman–Crippen LogP) is 0.616. The first-order valence-corrected chi connectivity index (χ1v) is 3.28. The highest BCUT2D eigenvalue weighted by molar-refractivity contribution is 5.61. The fourth-order valence-corrected chi connectivity index (χ4v) is 0.739. The zero-order valence-corrected chi connectivity index (χ0v) is 5.90.